The van der Waals surface area contributed by atoms with E-state index < -0.39 is 10.9 Å². The number of carbonyl (C=O) groups is 1. The molecule has 0 heterocycles. The van der Waals surface area contributed by atoms with Gasteiger partial charge in [0.2, 0.25) is 5.75 Å². The van der Waals surface area contributed by atoms with E-state index in [0.717, 1.165) is 6.08 Å². The lowest BCUT2D eigenvalue weighted by Gasteiger charge is -2.04. The summed E-state index contributed by atoms with van der Waals surface area (Å²) in [4.78, 5) is 22.0. The fourth-order valence-electron chi connectivity index (χ4n) is 1.80. The zero-order valence-electron chi connectivity index (χ0n) is 12.1. The molecular weight excluding hydrogens is 302 g/mol. The van der Waals surface area contributed by atoms with Gasteiger partial charge in [0.25, 0.3) is 0 Å². The molecule has 2 aromatic carbocycles. The molecule has 0 saturated carbocycles. The predicted octanol–water partition coefficient (Wildman–Crippen LogP) is 2.93. The highest BCUT2D eigenvalue weighted by Crippen LogP contribution is 2.27. The molecule has 0 bridgehead atoms. The molecule has 2 rings (SSSR count). The van der Waals surface area contributed by atoms with Crippen LogP contribution >= 0.6 is 0 Å². The van der Waals surface area contributed by atoms with Gasteiger partial charge < -0.3 is 14.6 Å². The second kappa shape index (κ2) is 7.08. The quantitative estimate of drug-likeness (QED) is 0.299. The van der Waals surface area contributed by atoms with Gasteiger partial charge in [-0.3, -0.25) is 10.1 Å². The fraction of sp³-hybridized carbons (Fsp3) is 0.0625. The van der Waals surface area contributed by atoms with Crippen LogP contribution in [0.5, 0.6) is 17.2 Å². The molecule has 0 aromatic heterocycles. The molecule has 0 spiro atoms. The number of nitrogens with zero attached hydrogens (tertiary/aromatic N) is 1. The Morgan fingerprint density at radius 3 is 2.65 bits per heavy atom. The Morgan fingerprint density at radius 1 is 1.22 bits per heavy atom. The summed E-state index contributed by atoms with van der Waals surface area (Å²) in [5.74, 6) is -0.645. The fourth-order valence-corrected chi connectivity index (χ4v) is 1.80. The van der Waals surface area contributed by atoms with Crippen molar-refractivity contribution in [3.63, 3.8) is 0 Å². The third kappa shape index (κ3) is 4.07. The normalized spacial score (nSPS) is 10.5. The Hall–Kier alpha value is -3.35. The highest BCUT2D eigenvalue weighted by Gasteiger charge is 2.15. The van der Waals surface area contributed by atoms with Crippen molar-refractivity contribution < 1.29 is 24.3 Å². The van der Waals surface area contributed by atoms with Crippen molar-refractivity contribution in [3.05, 3.63) is 64.2 Å². The van der Waals surface area contributed by atoms with Crippen LogP contribution in [0.25, 0.3) is 6.08 Å². The van der Waals surface area contributed by atoms with E-state index in [1.807, 2.05) is 0 Å². The van der Waals surface area contributed by atoms with Crippen molar-refractivity contribution in [2.75, 3.05) is 7.11 Å². The number of benzene rings is 2. The topological polar surface area (TPSA) is 98.9 Å². The second-order valence-corrected chi connectivity index (χ2v) is 4.41. The second-order valence-electron chi connectivity index (χ2n) is 4.41. The summed E-state index contributed by atoms with van der Waals surface area (Å²) in [5.41, 5.74) is 0.305. The smallest absolute Gasteiger partial charge is 0.336 e. The Balaban J connectivity index is 2.12. The van der Waals surface area contributed by atoms with Crippen molar-refractivity contribution in [2.24, 2.45) is 0 Å². The number of esters is 1. The number of methoxy groups -OCH3 is 1. The average molecular weight is 315 g/mol. The van der Waals surface area contributed by atoms with Crippen molar-refractivity contribution in [3.8, 4) is 17.2 Å². The zero-order chi connectivity index (χ0) is 16.8. The molecule has 118 valence electrons. The molecule has 0 unspecified atom stereocenters. The van der Waals surface area contributed by atoms with E-state index in [-0.39, 0.29) is 22.9 Å². The Labute approximate surface area is 131 Å². The summed E-state index contributed by atoms with van der Waals surface area (Å²) >= 11 is 0. The van der Waals surface area contributed by atoms with Crippen LogP contribution in [0.1, 0.15) is 5.56 Å². The maximum Gasteiger partial charge on any atom is 0.336 e. The summed E-state index contributed by atoms with van der Waals surface area (Å²) < 4.78 is 9.92. The Kier molecular flexibility index (Phi) is 4.93. The van der Waals surface area contributed by atoms with Gasteiger partial charge in [-0.2, -0.15) is 0 Å². The Morgan fingerprint density at radius 2 is 1.96 bits per heavy atom. The highest BCUT2D eigenvalue weighted by molar-refractivity contribution is 5.89. The number of ether oxygens (including phenoxy) is 2. The van der Waals surface area contributed by atoms with Crippen molar-refractivity contribution >= 4 is 17.7 Å². The molecule has 0 atom stereocenters. The van der Waals surface area contributed by atoms with Gasteiger partial charge in [0.05, 0.1) is 12.0 Å². The number of phenolic OH excluding ortho intramolecular Hbond substituents is 1. The summed E-state index contributed by atoms with van der Waals surface area (Å²) in [6, 6.07) is 10.1. The first-order valence-electron chi connectivity index (χ1n) is 6.51. The summed E-state index contributed by atoms with van der Waals surface area (Å²) in [5, 5.41) is 20.3. The number of para-hydroxylation sites is 2. The van der Waals surface area contributed by atoms with Crippen molar-refractivity contribution in [1.82, 2.24) is 0 Å². The van der Waals surface area contributed by atoms with Gasteiger partial charge in [-0.05, 0) is 29.8 Å². The molecule has 0 amide bonds. The molecule has 0 radical (unpaired) electrons. The van der Waals surface area contributed by atoms with Gasteiger partial charge in [-0.25, -0.2) is 4.79 Å². The largest absolute Gasteiger partial charge is 0.504 e. The number of phenols is 1. The predicted molar refractivity (Wildman–Crippen MR) is 82.4 cm³/mol. The third-order valence-electron chi connectivity index (χ3n) is 2.89. The Bertz CT molecular complexity index is 769. The van der Waals surface area contributed by atoms with E-state index in [4.69, 9.17) is 9.47 Å². The number of aromatic hydroxyl groups is 1. The van der Waals surface area contributed by atoms with Gasteiger partial charge in [0.1, 0.15) is 0 Å². The van der Waals surface area contributed by atoms with Gasteiger partial charge >= 0.3 is 11.7 Å². The van der Waals surface area contributed by atoms with Gasteiger partial charge in [-0.15, -0.1) is 0 Å². The number of hydrogen-bond acceptors (Lipinski definition) is 6. The number of nitro groups is 1. The molecule has 2 aromatic rings. The molecular formula is C16H13NO6. The number of nitro benzene ring substituents is 1. The van der Waals surface area contributed by atoms with E-state index in [1.165, 1.54) is 49.6 Å². The molecule has 0 saturated heterocycles. The molecule has 0 aliphatic carbocycles. The van der Waals surface area contributed by atoms with E-state index in [1.54, 1.807) is 6.07 Å². The van der Waals surface area contributed by atoms with Crippen LogP contribution in [0, 0.1) is 10.1 Å². The maximum absolute atomic E-state index is 11.8. The van der Waals surface area contributed by atoms with Crippen LogP contribution in [0.2, 0.25) is 0 Å². The van der Waals surface area contributed by atoms with E-state index in [0.29, 0.717) is 5.56 Å². The van der Waals surface area contributed by atoms with Crippen molar-refractivity contribution in [2.45, 2.75) is 0 Å². The maximum atomic E-state index is 11.8. The minimum atomic E-state index is -0.758. The summed E-state index contributed by atoms with van der Waals surface area (Å²) in [6.45, 7) is 0. The first kappa shape index (κ1) is 16.0. The number of hydrogen-bond donors (Lipinski definition) is 1. The first-order chi connectivity index (χ1) is 11.0. The minimum Gasteiger partial charge on any atom is -0.504 e. The average Bonchev–Trinajstić information content (AvgIpc) is 2.54. The lowest BCUT2D eigenvalue weighted by molar-refractivity contribution is -0.385. The molecule has 0 aliphatic rings. The molecule has 0 aliphatic heterocycles. The SMILES string of the molecule is COc1cc(/C=C/C(=O)Oc2ccccc2[N+](=O)[O-])ccc1O. The molecule has 1 N–H and O–H groups in total. The molecule has 7 heteroatoms. The zero-order valence-corrected chi connectivity index (χ0v) is 12.1. The van der Waals surface area contributed by atoms with E-state index >= 15 is 0 Å². The standard InChI is InChI=1S/C16H13NO6/c1-22-15-10-11(6-8-13(15)18)7-9-16(19)23-14-5-3-2-4-12(14)17(20)21/h2-10,18H,1H3/b9-7+. The van der Waals surface area contributed by atoms with Crippen molar-refractivity contribution in [1.29, 1.82) is 0 Å². The summed E-state index contributed by atoms with van der Waals surface area (Å²) in [7, 11) is 1.41. The van der Waals surface area contributed by atoms with Gasteiger partial charge in [-0.1, -0.05) is 18.2 Å². The minimum absolute atomic E-state index is 0.0212. The first-order valence-corrected chi connectivity index (χ1v) is 6.51. The summed E-state index contributed by atoms with van der Waals surface area (Å²) in [6.07, 6.45) is 2.57. The highest BCUT2D eigenvalue weighted by atomic mass is 16.6. The molecule has 7 nitrogen and oxygen atoms in total. The van der Waals surface area contributed by atoms with Crippen LogP contribution in [-0.4, -0.2) is 23.1 Å². The third-order valence-corrected chi connectivity index (χ3v) is 2.89. The monoisotopic (exact) mass is 315 g/mol. The van der Waals surface area contributed by atoms with Crippen LogP contribution in [0.15, 0.2) is 48.5 Å². The molecule has 0 fully saturated rings. The van der Waals surface area contributed by atoms with Crippen LogP contribution in [-0.2, 0) is 4.79 Å². The lowest BCUT2D eigenvalue weighted by atomic mass is 10.2. The lowest BCUT2D eigenvalue weighted by Crippen LogP contribution is -2.05. The van der Waals surface area contributed by atoms with Gasteiger partial charge in [0.15, 0.2) is 11.5 Å². The van der Waals surface area contributed by atoms with Crippen LogP contribution < -0.4 is 9.47 Å². The number of rotatable bonds is 5. The number of carbonyl (C=O) groups excluding carboxylic acids is 1. The van der Waals surface area contributed by atoms with Crippen LogP contribution in [0.3, 0.4) is 0 Å². The van der Waals surface area contributed by atoms with E-state index in [2.05, 4.69) is 0 Å². The molecule has 23 heavy (non-hydrogen) atoms. The van der Waals surface area contributed by atoms with E-state index in [9.17, 15) is 20.0 Å². The van der Waals surface area contributed by atoms with Gasteiger partial charge in [0, 0.05) is 12.1 Å². The van der Waals surface area contributed by atoms with Crippen LogP contribution in [0.4, 0.5) is 5.69 Å².